The third kappa shape index (κ3) is 5.54. The molecule has 3 heterocycles. The van der Waals surface area contributed by atoms with E-state index in [1.807, 2.05) is 32.5 Å². The van der Waals surface area contributed by atoms with Crippen molar-refractivity contribution in [3.8, 4) is 0 Å². The number of hydrogen-bond acceptors (Lipinski definition) is 6. The molecule has 3 rings (SSSR count). The van der Waals surface area contributed by atoms with Crippen LogP contribution >= 0.6 is 11.8 Å². The minimum absolute atomic E-state index is 0.0105. The Kier molecular flexibility index (Phi) is 7.15. The maximum atomic E-state index is 12.9. The Bertz CT molecular complexity index is 554. The van der Waals surface area contributed by atoms with Crippen LogP contribution in [0, 0.1) is 0 Å². The fraction of sp³-hybridized carbons (Fsp3) is 0.900. The van der Waals surface area contributed by atoms with E-state index in [1.54, 1.807) is 4.90 Å². The molecule has 0 bridgehead atoms. The van der Waals surface area contributed by atoms with E-state index in [0.717, 1.165) is 57.2 Å². The Morgan fingerprint density at radius 3 is 2.21 bits per heavy atom. The number of ether oxygens (including phenoxy) is 1. The van der Waals surface area contributed by atoms with E-state index >= 15 is 0 Å². The SMILES string of the molecule is C[C@@H](C(=O)N1CC[C@H](N2CCN(C(=O)OC(C)(C)C)CC2)C1)N1CCSCC1. The van der Waals surface area contributed by atoms with Crippen molar-refractivity contribution in [3.63, 3.8) is 0 Å². The second-order valence-corrected chi connectivity index (χ2v) is 10.3. The summed E-state index contributed by atoms with van der Waals surface area (Å²) < 4.78 is 5.48. The summed E-state index contributed by atoms with van der Waals surface area (Å²) in [6, 6.07) is 0.400. The maximum absolute atomic E-state index is 12.9. The third-order valence-corrected chi connectivity index (χ3v) is 6.85. The van der Waals surface area contributed by atoms with Crippen molar-refractivity contribution in [2.45, 2.75) is 51.8 Å². The van der Waals surface area contributed by atoms with Gasteiger partial charge in [-0.2, -0.15) is 11.8 Å². The zero-order chi connectivity index (χ0) is 20.3. The van der Waals surface area contributed by atoms with Gasteiger partial charge in [0.2, 0.25) is 5.91 Å². The summed E-state index contributed by atoms with van der Waals surface area (Å²) in [7, 11) is 0. The summed E-state index contributed by atoms with van der Waals surface area (Å²) in [5.41, 5.74) is -0.454. The molecule has 0 unspecified atom stereocenters. The molecule has 7 nitrogen and oxygen atoms in total. The summed E-state index contributed by atoms with van der Waals surface area (Å²) >= 11 is 1.97. The Balaban J connectivity index is 1.44. The van der Waals surface area contributed by atoms with Gasteiger partial charge < -0.3 is 14.5 Å². The molecule has 0 aromatic carbocycles. The topological polar surface area (TPSA) is 56.3 Å². The Morgan fingerprint density at radius 1 is 0.964 bits per heavy atom. The van der Waals surface area contributed by atoms with E-state index in [2.05, 4.69) is 21.6 Å². The van der Waals surface area contributed by atoms with Crippen molar-refractivity contribution < 1.29 is 14.3 Å². The molecule has 3 aliphatic rings. The molecule has 2 amide bonds. The van der Waals surface area contributed by atoms with Crippen molar-refractivity contribution in [1.82, 2.24) is 19.6 Å². The fourth-order valence-electron chi connectivity index (χ4n) is 4.22. The molecule has 28 heavy (non-hydrogen) atoms. The van der Waals surface area contributed by atoms with Gasteiger partial charge in [-0.05, 0) is 34.1 Å². The van der Waals surface area contributed by atoms with Gasteiger partial charge in [-0.15, -0.1) is 0 Å². The van der Waals surface area contributed by atoms with Gasteiger partial charge >= 0.3 is 6.09 Å². The van der Waals surface area contributed by atoms with E-state index < -0.39 is 5.60 Å². The van der Waals surface area contributed by atoms with Crippen molar-refractivity contribution in [3.05, 3.63) is 0 Å². The number of amides is 2. The highest BCUT2D eigenvalue weighted by atomic mass is 32.2. The molecule has 0 aliphatic carbocycles. The fourth-order valence-corrected chi connectivity index (χ4v) is 5.15. The summed E-state index contributed by atoms with van der Waals surface area (Å²) in [6.45, 7) is 14.5. The molecular weight excluding hydrogens is 376 g/mol. The van der Waals surface area contributed by atoms with Gasteiger partial charge in [0.1, 0.15) is 5.60 Å². The van der Waals surface area contributed by atoms with E-state index in [9.17, 15) is 9.59 Å². The zero-order valence-electron chi connectivity index (χ0n) is 17.9. The van der Waals surface area contributed by atoms with Crippen LogP contribution in [0.5, 0.6) is 0 Å². The van der Waals surface area contributed by atoms with Crippen molar-refractivity contribution >= 4 is 23.8 Å². The standard InChI is InChI=1S/C20H36N4O3S/c1-16(21-11-13-28-14-12-21)18(25)24-6-5-17(15-24)22-7-9-23(10-8-22)19(26)27-20(2,3)4/h16-17H,5-15H2,1-4H3/t16-,17-/m0/s1. The second kappa shape index (κ2) is 9.22. The molecule has 3 saturated heterocycles. The Labute approximate surface area is 173 Å². The molecule has 3 fully saturated rings. The zero-order valence-corrected chi connectivity index (χ0v) is 18.7. The van der Waals surface area contributed by atoms with Gasteiger partial charge in [0.05, 0.1) is 6.04 Å². The summed E-state index contributed by atoms with van der Waals surface area (Å²) in [6.07, 6.45) is 0.810. The van der Waals surface area contributed by atoms with Crippen LogP contribution in [-0.2, 0) is 9.53 Å². The molecule has 2 atom stereocenters. The van der Waals surface area contributed by atoms with Gasteiger partial charge in [0.15, 0.2) is 0 Å². The van der Waals surface area contributed by atoms with Crippen molar-refractivity contribution in [2.75, 3.05) is 63.9 Å². The monoisotopic (exact) mass is 412 g/mol. The Morgan fingerprint density at radius 2 is 1.61 bits per heavy atom. The molecule has 160 valence electrons. The summed E-state index contributed by atoms with van der Waals surface area (Å²) in [5, 5.41) is 0. The average molecular weight is 413 g/mol. The largest absolute Gasteiger partial charge is 0.444 e. The van der Waals surface area contributed by atoms with Crippen molar-refractivity contribution in [1.29, 1.82) is 0 Å². The molecule has 0 radical (unpaired) electrons. The number of piperazine rings is 1. The molecular formula is C20H36N4O3S. The van der Waals surface area contributed by atoms with Gasteiger partial charge in [-0.1, -0.05) is 0 Å². The lowest BCUT2D eigenvalue weighted by atomic mass is 10.2. The lowest BCUT2D eigenvalue weighted by molar-refractivity contribution is -0.135. The van der Waals surface area contributed by atoms with E-state index in [4.69, 9.17) is 4.74 Å². The highest BCUT2D eigenvalue weighted by Crippen LogP contribution is 2.21. The number of carbonyl (C=O) groups is 2. The third-order valence-electron chi connectivity index (χ3n) is 5.91. The lowest BCUT2D eigenvalue weighted by Crippen LogP contribution is -2.54. The summed E-state index contributed by atoms with van der Waals surface area (Å²) in [4.78, 5) is 33.8. The maximum Gasteiger partial charge on any atom is 0.410 e. The minimum atomic E-state index is -0.454. The van der Waals surface area contributed by atoms with Crippen LogP contribution in [0.15, 0.2) is 0 Å². The van der Waals surface area contributed by atoms with Gasteiger partial charge in [-0.3, -0.25) is 14.6 Å². The van der Waals surface area contributed by atoms with Gasteiger partial charge in [-0.25, -0.2) is 4.79 Å². The first kappa shape index (κ1) is 21.7. The first-order chi connectivity index (χ1) is 13.2. The van der Waals surface area contributed by atoms with Crippen LogP contribution < -0.4 is 0 Å². The van der Waals surface area contributed by atoms with E-state index in [0.29, 0.717) is 19.1 Å². The number of rotatable bonds is 3. The van der Waals surface area contributed by atoms with Crippen LogP contribution in [-0.4, -0.2) is 113 Å². The number of nitrogens with zero attached hydrogens (tertiary/aromatic N) is 4. The number of thioether (sulfide) groups is 1. The molecule has 0 spiro atoms. The quantitative estimate of drug-likeness (QED) is 0.702. The number of likely N-dealkylation sites (tertiary alicyclic amines) is 1. The Hall–Kier alpha value is -0.990. The molecule has 0 N–H and O–H groups in total. The van der Waals surface area contributed by atoms with Crippen LogP contribution in [0.3, 0.4) is 0 Å². The highest BCUT2D eigenvalue weighted by molar-refractivity contribution is 7.99. The number of hydrogen-bond donors (Lipinski definition) is 0. The molecule has 0 aromatic heterocycles. The second-order valence-electron chi connectivity index (χ2n) is 9.05. The highest BCUT2D eigenvalue weighted by Gasteiger charge is 2.36. The average Bonchev–Trinajstić information content (AvgIpc) is 3.16. The minimum Gasteiger partial charge on any atom is -0.444 e. The predicted molar refractivity (Wildman–Crippen MR) is 113 cm³/mol. The first-order valence-corrected chi connectivity index (χ1v) is 11.7. The van der Waals surface area contributed by atoms with Crippen LogP contribution in [0.4, 0.5) is 4.79 Å². The molecule has 3 aliphatic heterocycles. The van der Waals surface area contributed by atoms with E-state index in [-0.39, 0.29) is 18.0 Å². The molecule has 0 saturated carbocycles. The lowest BCUT2D eigenvalue weighted by Gasteiger charge is -2.38. The van der Waals surface area contributed by atoms with Crippen LogP contribution in [0.2, 0.25) is 0 Å². The normalized spacial score (nSPS) is 26.4. The van der Waals surface area contributed by atoms with Gasteiger partial charge in [0.25, 0.3) is 0 Å². The van der Waals surface area contributed by atoms with E-state index in [1.165, 1.54) is 0 Å². The van der Waals surface area contributed by atoms with Gasteiger partial charge in [0, 0.05) is 69.9 Å². The van der Waals surface area contributed by atoms with Crippen molar-refractivity contribution in [2.24, 2.45) is 0 Å². The number of carbonyl (C=O) groups excluding carboxylic acids is 2. The van der Waals surface area contributed by atoms with Crippen LogP contribution in [0.25, 0.3) is 0 Å². The van der Waals surface area contributed by atoms with Crippen LogP contribution in [0.1, 0.15) is 34.1 Å². The summed E-state index contributed by atoms with van der Waals surface area (Å²) in [5.74, 6) is 2.53. The predicted octanol–water partition coefficient (Wildman–Crippen LogP) is 1.58. The molecule has 0 aromatic rings. The first-order valence-electron chi connectivity index (χ1n) is 10.6. The molecule has 8 heteroatoms. The smallest absolute Gasteiger partial charge is 0.410 e.